The van der Waals surface area contributed by atoms with Crippen molar-refractivity contribution in [2.45, 2.75) is 39.8 Å². The molecular formula is C11H18N2O2S. The molecule has 0 saturated heterocycles. The molecule has 0 fully saturated rings. The lowest BCUT2D eigenvalue weighted by atomic mass is 10.2. The molecule has 0 aliphatic carbocycles. The summed E-state index contributed by atoms with van der Waals surface area (Å²) in [6.07, 6.45) is 1.78. The van der Waals surface area contributed by atoms with Crippen LogP contribution in [0.2, 0.25) is 0 Å². The van der Waals surface area contributed by atoms with Gasteiger partial charge >= 0.3 is 0 Å². The Bertz CT molecular complexity index is 355. The van der Waals surface area contributed by atoms with Crippen molar-refractivity contribution in [1.82, 2.24) is 10.3 Å². The zero-order valence-corrected chi connectivity index (χ0v) is 11.0. The van der Waals surface area contributed by atoms with E-state index in [1.165, 1.54) is 0 Å². The van der Waals surface area contributed by atoms with Gasteiger partial charge < -0.3 is 10.1 Å². The Kier molecular flexibility index (Phi) is 4.44. The summed E-state index contributed by atoms with van der Waals surface area (Å²) in [5.74, 6) is -0.0963. The summed E-state index contributed by atoms with van der Waals surface area (Å²) in [6.45, 7) is 8.34. The summed E-state index contributed by atoms with van der Waals surface area (Å²) in [6, 6.07) is 0. The van der Waals surface area contributed by atoms with Crippen molar-refractivity contribution in [3.8, 4) is 0 Å². The van der Waals surface area contributed by atoms with Gasteiger partial charge in [-0.1, -0.05) is 0 Å². The number of hydrogen-bond acceptors (Lipinski definition) is 4. The van der Waals surface area contributed by atoms with E-state index in [-0.39, 0.29) is 18.1 Å². The molecule has 1 aromatic heterocycles. The van der Waals surface area contributed by atoms with Crippen LogP contribution in [-0.4, -0.2) is 23.1 Å². The van der Waals surface area contributed by atoms with E-state index in [4.69, 9.17) is 4.74 Å². The van der Waals surface area contributed by atoms with E-state index in [9.17, 15) is 4.79 Å². The van der Waals surface area contributed by atoms with Crippen molar-refractivity contribution in [2.75, 3.05) is 6.61 Å². The topological polar surface area (TPSA) is 51.2 Å². The minimum absolute atomic E-state index is 0.0963. The molecule has 0 aliphatic heterocycles. The van der Waals surface area contributed by atoms with Crippen molar-refractivity contribution in [2.24, 2.45) is 0 Å². The summed E-state index contributed by atoms with van der Waals surface area (Å²) in [5, 5.41) is 3.80. The van der Waals surface area contributed by atoms with Crippen LogP contribution in [-0.2, 0) is 16.1 Å². The van der Waals surface area contributed by atoms with Crippen LogP contribution >= 0.6 is 11.3 Å². The van der Waals surface area contributed by atoms with E-state index < -0.39 is 0 Å². The normalized spacial score (nSPS) is 11.5. The number of hydrogen-bond donors (Lipinski definition) is 1. The Morgan fingerprint density at radius 1 is 1.56 bits per heavy atom. The molecule has 0 radical (unpaired) electrons. The molecule has 1 aromatic rings. The molecule has 1 N–H and O–H groups in total. The molecule has 0 bridgehead atoms. The molecule has 0 aromatic carbocycles. The molecule has 4 nitrogen and oxygen atoms in total. The molecule has 1 amide bonds. The van der Waals surface area contributed by atoms with E-state index in [2.05, 4.69) is 10.3 Å². The predicted octanol–water partition coefficient (Wildman–Crippen LogP) is 1.88. The Morgan fingerprint density at radius 2 is 2.25 bits per heavy atom. The summed E-state index contributed by atoms with van der Waals surface area (Å²) in [4.78, 5) is 16.6. The third-order valence-electron chi connectivity index (χ3n) is 1.77. The number of amides is 1. The first-order chi connectivity index (χ1) is 7.37. The SMILES string of the molecule is Cc1ncc(CNC(=O)COC(C)(C)C)s1. The maximum Gasteiger partial charge on any atom is 0.246 e. The lowest BCUT2D eigenvalue weighted by molar-refractivity contribution is -0.130. The van der Waals surface area contributed by atoms with E-state index in [1.54, 1.807) is 17.5 Å². The van der Waals surface area contributed by atoms with E-state index in [0.717, 1.165) is 9.88 Å². The Morgan fingerprint density at radius 3 is 2.75 bits per heavy atom. The quantitative estimate of drug-likeness (QED) is 0.877. The van der Waals surface area contributed by atoms with Crippen molar-refractivity contribution < 1.29 is 9.53 Å². The maximum atomic E-state index is 11.4. The van der Waals surface area contributed by atoms with Crippen LogP contribution in [0, 0.1) is 6.92 Å². The average molecular weight is 242 g/mol. The van der Waals surface area contributed by atoms with Crippen molar-refractivity contribution >= 4 is 17.2 Å². The molecule has 16 heavy (non-hydrogen) atoms. The monoisotopic (exact) mass is 242 g/mol. The van der Waals surface area contributed by atoms with Crippen molar-refractivity contribution in [3.63, 3.8) is 0 Å². The van der Waals surface area contributed by atoms with Crippen molar-refractivity contribution in [3.05, 3.63) is 16.1 Å². The number of carbonyl (C=O) groups excluding carboxylic acids is 1. The van der Waals surface area contributed by atoms with E-state index in [0.29, 0.717) is 6.54 Å². The van der Waals surface area contributed by atoms with Gasteiger partial charge in [0, 0.05) is 11.1 Å². The summed E-state index contributed by atoms with van der Waals surface area (Å²) < 4.78 is 5.36. The van der Waals surface area contributed by atoms with Crippen LogP contribution in [0.3, 0.4) is 0 Å². The van der Waals surface area contributed by atoms with Gasteiger partial charge in [-0.05, 0) is 27.7 Å². The molecule has 1 heterocycles. The van der Waals surface area contributed by atoms with Crippen LogP contribution in [0.4, 0.5) is 0 Å². The number of aryl methyl sites for hydroxylation is 1. The molecule has 0 atom stereocenters. The number of aromatic nitrogens is 1. The Labute approximate surface area is 100 Å². The predicted molar refractivity (Wildman–Crippen MR) is 64.4 cm³/mol. The maximum absolute atomic E-state index is 11.4. The van der Waals surface area contributed by atoms with E-state index in [1.807, 2.05) is 27.7 Å². The number of carbonyl (C=O) groups is 1. The lowest BCUT2D eigenvalue weighted by Gasteiger charge is -2.18. The van der Waals surface area contributed by atoms with Crippen LogP contribution in [0.25, 0.3) is 0 Å². The Hall–Kier alpha value is -0.940. The van der Waals surface area contributed by atoms with Gasteiger partial charge in [0.2, 0.25) is 5.91 Å². The first kappa shape index (κ1) is 13.1. The molecule has 0 aliphatic rings. The first-order valence-electron chi connectivity index (χ1n) is 5.19. The molecule has 5 heteroatoms. The van der Waals surface area contributed by atoms with Gasteiger partial charge in [0.05, 0.1) is 17.2 Å². The van der Waals surface area contributed by atoms with Gasteiger partial charge in [0.25, 0.3) is 0 Å². The number of thiazole rings is 1. The highest BCUT2D eigenvalue weighted by Crippen LogP contribution is 2.10. The highest BCUT2D eigenvalue weighted by atomic mass is 32.1. The largest absolute Gasteiger partial charge is 0.366 e. The van der Waals surface area contributed by atoms with E-state index >= 15 is 0 Å². The van der Waals surface area contributed by atoms with Gasteiger partial charge in [0.1, 0.15) is 6.61 Å². The second kappa shape index (κ2) is 5.41. The second-order valence-electron chi connectivity index (χ2n) is 4.52. The standard InChI is InChI=1S/C11H18N2O2S/c1-8-12-5-9(16-8)6-13-10(14)7-15-11(2,3)4/h5H,6-7H2,1-4H3,(H,13,14). The van der Waals surface area contributed by atoms with Gasteiger partial charge in [0.15, 0.2) is 0 Å². The fraction of sp³-hybridized carbons (Fsp3) is 0.636. The molecule has 0 saturated carbocycles. The summed E-state index contributed by atoms with van der Waals surface area (Å²) in [5.41, 5.74) is -0.279. The summed E-state index contributed by atoms with van der Waals surface area (Å²) >= 11 is 1.59. The van der Waals surface area contributed by atoms with Gasteiger partial charge in [-0.2, -0.15) is 0 Å². The minimum atomic E-state index is -0.279. The fourth-order valence-corrected chi connectivity index (χ4v) is 1.74. The molecule has 90 valence electrons. The molecular weight excluding hydrogens is 224 g/mol. The van der Waals surface area contributed by atoms with Crippen molar-refractivity contribution in [1.29, 1.82) is 0 Å². The highest BCUT2D eigenvalue weighted by Gasteiger charge is 2.12. The third kappa shape index (κ3) is 5.23. The van der Waals surface area contributed by atoms with Gasteiger partial charge in [-0.3, -0.25) is 4.79 Å². The number of nitrogens with one attached hydrogen (secondary N) is 1. The van der Waals surface area contributed by atoms with Crippen LogP contribution in [0.1, 0.15) is 30.7 Å². The Balaban J connectivity index is 2.25. The first-order valence-corrected chi connectivity index (χ1v) is 6.00. The van der Waals surface area contributed by atoms with Crippen LogP contribution in [0.15, 0.2) is 6.20 Å². The average Bonchev–Trinajstić information content (AvgIpc) is 2.57. The smallest absolute Gasteiger partial charge is 0.246 e. The number of nitrogens with zero attached hydrogens (tertiary/aromatic N) is 1. The lowest BCUT2D eigenvalue weighted by Crippen LogP contribution is -2.31. The molecule has 1 rings (SSSR count). The minimum Gasteiger partial charge on any atom is -0.366 e. The molecule has 0 spiro atoms. The van der Waals surface area contributed by atoms with Crippen LogP contribution in [0.5, 0.6) is 0 Å². The number of rotatable bonds is 4. The highest BCUT2D eigenvalue weighted by molar-refractivity contribution is 7.11. The second-order valence-corrected chi connectivity index (χ2v) is 5.84. The number of ether oxygens (including phenoxy) is 1. The zero-order chi connectivity index (χ0) is 12.2. The third-order valence-corrected chi connectivity index (χ3v) is 2.68. The fourth-order valence-electron chi connectivity index (χ4n) is 1.01. The molecule has 0 unspecified atom stereocenters. The van der Waals surface area contributed by atoms with Crippen LogP contribution < -0.4 is 5.32 Å². The zero-order valence-electron chi connectivity index (χ0n) is 10.2. The van der Waals surface area contributed by atoms with Gasteiger partial charge in [-0.25, -0.2) is 4.98 Å². The van der Waals surface area contributed by atoms with Gasteiger partial charge in [-0.15, -0.1) is 11.3 Å². The summed E-state index contributed by atoms with van der Waals surface area (Å²) in [7, 11) is 0.